The molecule has 0 spiro atoms. The number of aryl methyl sites for hydroxylation is 2. The van der Waals surface area contributed by atoms with Crippen molar-refractivity contribution >= 4 is 22.5 Å². The Labute approximate surface area is 121 Å². The maximum atomic E-state index is 12.7. The van der Waals surface area contributed by atoms with Gasteiger partial charge in [-0.3, -0.25) is 9.36 Å². The highest BCUT2D eigenvalue weighted by molar-refractivity contribution is 6.33. The minimum absolute atomic E-state index is 0.0967. The maximum Gasteiger partial charge on any atom is 0.266 e. The fourth-order valence-corrected chi connectivity index (χ4v) is 2.54. The number of hydrogen-bond acceptors (Lipinski definition) is 2. The molecule has 1 aromatic heterocycles. The number of nitrogens with zero attached hydrogens (tertiary/aromatic N) is 2. The molecule has 100 valence electrons. The third-order valence-corrected chi connectivity index (χ3v) is 3.85. The van der Waals surface area contributed by atoms with E-state index in [1.165, 1.54) is 0 Å². The first-order valence-electron chi connectivity index (χ1n) is 6.33. The fourth-order valence-electron chi connectivity index (χ4n) is 2.33. The average Bonchev–Trinajstić information content (AvgIpc) is 2.43. The van der Waals surface area contributed by atoms with Gasteiger partial charge in [0.2, 0.25) is 0 Å². The summed E-state index contributed by atoms with van der Waals surface area (Å²) in [5, 5.41) is 1.17. The largest absolute Gasteiger partial charge is 0.268 e. The van der Waals surface area contributed by atoms with Crippen LogP contribution in [0, 0.1) is 13.8 Å². The third kappa shape index (κ3) is 1.91. The number of benzene rings is 2. The third-order valence-electron chi connectivity index (χ3n) is 3.36. The zero-order chi connectivity index (χ0) is 14.3. The number of hydrogen-bond donors (Lipinski definition) is 0. The van der Waals surface area contributed by atoms with Crippen LogP contribution in [0.3, 0.4) is 0 Å². The van der Waals surface area contributed by atoms with Crippen LogP contribution < -0.4 is 5.56 Å². The first-order chi connectivity index (χ1) is 9.59. The van der Waals surface area contributed by atoms with Crippen LogP contribution in [0.15, 0.2) is 47.3 Å². The molecule has 0 saturated heterocycles. The molecule has 0 aliphatic heterocycles. The Balaban J connectivity index is 2.43. The molecule has 0 aliphatic rings. The molecule has 0 amide bonds. The van der Waals surface area contributed by atoms with Crippen molar-refractivity contribution in [1.82, 2.24) is 9.55 Å². The summed E-state index contributed by atoms with van der Waals surface area (Å²) < 4.78 is 1.57. The SMILES string of the molecule is Cc1cccc(-n2c(C)nc3ccccc3c2=O)c1Cl. The second-order valence-electron chi connectivity index (χ2n) is 4.72. The summed E-state index contributed by atoms with van der Waals surface area (Å²) in [4.78, 5) is 17.2. The van der Waals surface area contributed by atoms with Crippen LogP contribution in [-0.2, 0) is 0 Å². The van der Waals surface area contributed by atoms with Gasteiger partial charge in [-0.25, -0.2) is 4.98 Å². The van der Waals surface area contributed by atoms with Crippen LogP contribution in [0.5, 0.6) is 0 Å². The van der Waals surface area contributed by atoms with E-state index in [0.717, 1.165) is 5.56 Å². The Bertz CT molecular complexity index is 868. The summed E-state index contributed by atoms with van der Waals surface area (Å²) >= 11 is 6.34. The Kier molecular flexibility index (Phi) is 3.07. The van der Waals surface area contributed by atoms with E-state index in [4.69, 9.17) is 11.6 Å². The van der Waals surface area contributed by atoms with E-state index in [1.807, 2.05) is 50.2 Å². The summed E-state index contributed by atoms with van der Waals surface area (Å²) in [5.41, 5.74) is 2.21. The summed E-state index contributed by atoms with van der Waals surface area (Å²) in [7, 11) is 0. The molecule has 0 saturated carbocycles. The molecule has 3 nitrogen and oxygen atoms in total. The minimum atomic E-state index is -0.0967. The lowest BCUT2D eigenvalue weighted by Gasteiger charge is -2.13. The standard InChI is InChI=1S/C16H13ClN2O/c1-10-6-5-9-14(15(10)17)19-11(2)18-13-8-4-3-7-12(13)16(19)20/h3-9H,1-2H3. The van der Waals surface area contributed by atoms with E-state index in [-0.39, 0.29) is 5.56 Å². The van der Waals surface area contributed by atoms with Crippen LogP contribution in [-0.4, -0.2) is 9.55 Å². The first kappa shape index (κ1) is 12.9. The normalized spacial score (nSPS) is 10.9. The average molecular weight is 285 g/mol. The highest BCUT2D eigenvalue weighted by Gasteiger charge is 2.12. The second kappa shape index (κ2) is 4.76. The van der Waals surface area contributed by atoms with Gasteiger partial charge >= 0.3 is 0 Å². The number of rotatable bonds is 1. The van der Waals surface area contributed by atoms with Crippen LogP contribution >= 0.6 is 11.6 Å². The number of fused-ring (bicyclic) bond motifs is 1. The summed E-state index contributed by atoms with van der Waals surface area (Å²) in [6, 6.07) is 13.0. The molecule has 2 aromatic carbocycles. The van der Waals surface area contributed by atoms with Crippen molar-refractivity contribution in [2.24, 2.45) is 0 Å². The molecule has 0 atom stereocenters. The molecule has 0 radical (unpaired) electrons. The van der Waals surface area contributed by atoms with Crippen LogP contribution in [0.1, 0.15) is 11.4 Å². The lowest BCUT2D eigenvalue weighted by Crippen LogP contribution is -2.22. The molecule has 0 fully saturated rings. The molecule has 0 N–H and O–H groups in total. The number of aromatic nitrogens is 2. The Hall–Kier alpha value is -2.13. The van der Waals surface area contributed by atoms with Gasteiger partial charge in [0.25, 0.3) is 5.56 Å². The smallest absolute Gasteiger partial charge is 0.266 e. The fraction of sp³-hybridized carbons (Fsp3) is 0.125. The predicted molar refractivity (Wildman–Crippen MR) is 81.8 cm³/mol. The Morgan fingerprint density at radius 2 is 1.80 bits per heavy atom. The molecular weight excluding hydrogens is 272 g/mol. The molecule has 20 heavy (non-hydrogen) atoms. The number of para-hydroxylation sites is 1. The van der Waals surface area contributed by atoms with Gasteiger partial charge in [0.15, 0.2) is 0 Å². The molecule has 0 bridgehead atoms. The monoisotopic (exact) mass is 284 g/mol. The van der Waals surface area contributed by atoms with E-state index in [2.05, 4.69) is 4.98 Å². The van der Waals surface area contributed by atoms with Gasteiger partial charge in [-0.15, -0.1) is 0 Å². The van der Waals surface area contributed by atoms with Crippen molar-refractivity contribution in [3.05, 3.63) is 69.2 Å². The van der Waals surface area contributed by atoms with Crippen molar-refractivity contribution in [1.29, 1.82) is 0 Å². The molecule has 1 heterocycles. The van der Waals surface area contributed by atoms with Gasteiger partial charge in [0, 0.05) is 0 Å². The van der Waals surface area contributed by atoms with Crippen molar-refractivity contribution in [3.8, 4) is 5.69 Å². The van der Waals surface area contributed by atoms with Gasteiger partial charge in [0.1, 0.15) is 5.82 Å². The maximum absolute atomic E-state index is 12.7. The topological polar surface area (TPSA) is 34.9 Å². The summed E-state index contributed by atoms with van der Waals surface area (Å²) in [6.07, 6.45) is 0. The van der Waals surface area contributed by atoms with Crippen LogP contribution in [0.2, 0.25) is 5.02 Å². The van der Waals surface area contributed by atoms with Gasteiger partial charge in [0.05, 0.1) is 21.6 Å². The van der Waals surface area contributed by atoms with Gasteiger partial charge in [-0.2, -0.15) is 0 Å². The minimum Gasteiger partial charge on any atom is -0.268 e. The van der Waals surface area contributed by atoms with E-state index < -0.39 is 0 Å². The zero-order valence-corrected chi connectivity index (χ0v) is 12.0. The highest BCUT2D eigenvalue weighted by atomic mass is 35.5. The van der Waals surface area contributed by atoms with Crippen molar-refractivity contribution in [2.45, 2.75) is 13.8 Å². The van der Waals surface area contributed by atoms with Crippen LogP contribution in [0.25, 0.3) is 16.6 Å². The quantitative estimate of drug-likeness (QED) is 0.683. The van der Waals surface area contributed by atoms with E-state index in [9.17, 15) is 4.79 Å². The molecule has 3 aromatic rings. The molecule has 3 rings (SSSR count). The van der Waals surface area contributed by atoms with Crippen molar-refractivity contribution in [2.75, 3.05) is 0 Å². The van der Waals surface area contributed by atoms with Gasteiger partial charge in [-0.1, -0.05) is 35.9 Å². The second-order valence-corrected chi connectivity index (χ2v) is 5.10. The summed E-state index contributed by atoms with van der Waals surface area (Å²) in [6.45, 7) is 3.73. The van der Waals surface area contributed by atoms with Gasteiger partial charge < -0.3 is 0 Å². The summed E-state index contributed by atoms with van der Waals surface area (Å²) in [5.74, 6) is 0.626. The molecular formula is C16H13ClN2O. The van der Waals surface area contributed by atoms with E-state index in [1.54, 1.807) is 10.6 Å². The molecule has 4 heteroatoms. The van der Waals surface area contributed by atoms with E-state index in [0.29, 0.717) is 27.4 Å². The first-order valence-corrected chi connectivity index (χ1v) is 6.71. The lowest BCUT2D eigenvalue weighted by atomic mass is 10.2. The Morgan fingerprint density at radius 1 is 1.05 bits per heavy atom. The predicted octanol–water partition coefficient (Wildman–Crippen LogP) is 3.66. The van der Waals surface area contributed by atoms with Crippen molar-refractivity contribution in [3.63, 3.8) is 0 Å². The van der Waals surface area contributed by atoms with Crippen molar-refractivity contribution < 1.29 is 0 Å². The van der Waals surface area contributed by atoms with Crippen LogP contribution in [0.4, 0.5) is 0 Å². The van der Waals surface area contributed by atoms with Gasteiger partial charge in [-0.05, 0) is 37.6 Å². The molecule has 0 aliphatic carbocycles. The highest BCUT2D eigenvalue weighted by Crippen LogP contribution is 2.24. The molecule has 0 unspecified atom stereocenters. The lowest BCUT2D eigenvalue weighted by molar-refractivity contribution is 0.894. The Morgan fingerprint density at radius 3 is 2.60 bits per heavy atom. The van der Waals surface area contributed by atoms with E-state index >= 15 is 0 Å². The number of halogens is 1. The zero-order valence-electron chi connectivity index (χ0n) is 11.2.